The molecule has 0 saturated heterocycles. The number of rotatable bonds is 2. The second-order valence-electron chi connectivity index (χ2n) is 4.31. The summed E-state index contributed by atoms with van der Waals surface area (Å²) in [5, 5.41) is 0.634. The molecule has 0 unspecified atom stereocenters. The summed E-state index contributed by atoms with van der Waals surface area (Å²) < 4.78 is 0. The number of hydrogen-bond acceptors (Lipinski definition) is 4. The van der Waals surface area contributed by atoms with Crippen LogP contribution in [-0.2, 0) is 4.84 Å². The molecule has 0 bridgehead atoms. The zero-order valence-corrected chi connectivity index (χ0v) is 11.3. The molecule has 1 heterocycles. The van der Waals surface area contributed by atoms with Crippen LogP contribution < -0.4 is 0 Å². The summed E-state index contributed by atoms with van der Waals surface area (Å²) in [7, 11) is 0. The zero-order valence-electron chi connectivity index (χ0n) is 10.6. The highest BCUT2D eigenvalue weighted by Crippen LogP contribution is 2.24. The Balaban J connectivity index is 1.88. The monoisotopic (exact) mass is 301 g/mol. The van der Waals surface area contributed by atoms with Crippen LogP contribution in [0.3, 0.4) is 0 Å². The van der Waals surface area contributed by atoms with Crippen molar-refractivity contribution in [2.24, 2.45) is 0 Å². The summed E-state index contributed by atoms with van der Waals surface area (Å²) in [4.78, 5) is 41.0. The fourth-order valence-corrected chi connectivity index (χ4v) is 2.22. The van der Waals surface area contributed by atoms with Gasteiger partial charge < -0.3 is 4.84 Å². The fourth-order valence-electron chi connectivity index (χ4n) is 2.01. The highest BCUT2D eigenvalue weighted by atomic mass is 35.5. The molecule has 2 aromatic rings. The largest absolute Gasteiger partial charge is 0.365 e. The second-order valence-corrected chi connectivity index (χ2v) is 4.72. The lowest BCUT2D eigenvalue weighted by atomic mass is 10.1. The molecule has 1 aliphatic rings. The van der Waals surface area contributed by atoms with E-state index in [2.05, 4.69) is 0 Å². The molecule has 0 atom stereocenters. The molecule has 6 heteroatoms. The highest BCUT2D eigenvalue weighted by Gasteiger charge is 2.38. The summed E-state index contributed by atoms with van der Waals surface area (Å²) in [6, 6.07) is 12.5. The van der Waals surface area contributed by atoms with Crippen molar-refractivity contribution in [3.05, 3.63) is 70.2 Å². The van der Waals surface area contributed by atoms with Gasteiger partial charge in [0.2, 0.25) is 0 Å². The first-order valence-corrected chi connectivity index (χ1v) is 6.42. The Bertz CT molecular complexity index is 737. The molecule has 2 aromatic carbocycles. The number of nitrogens with zero attached hydrogens (tertiary/aromatic N) is 1. The van der Waals surface area contributed by atoms with Crippen LogP contribution in [0.25, 0.3) is 0 Å². The number of amides is 2. The van der Waals surface area contributed by atoms with Crippen LogP contribution in [-0.4, -0.2) is 22.8 Å². The van der Waals surface area contributed by atoms with Gasteiger partial charge in [0.1, 0.15) is 0 Å². The van der Waals surface area contributed by atoms with E-state index in [1.165, 1.54) is 24.3 Å². The molecule has 0 aliphatic carbocycles. The third-order valence-corrected chi connectivity index (χ3v) is 3.35. The molecule has 0 spiro atoms. The van der Waals surface area contributed by atoms with Crippen molar-refractivity contribution in [3.8, 4) is 0 Å². The quantitative estimate of drug-likeness (QED) is 0.800. The fraction of sp³-hybridized carbons (Fsp3) is 0. The minimum absolute atomic E-state index is 0.0794. The van der Waals surface area contributed by atoms with Gasteiger partial charge in [-0.3, -0.25) is 9.59 Å². The van der Waals surface area contributed by atoms with Gasteiger partial charge in [-0.1, -0.05) is 40.9 Å². The van der Waals surface area contributed by atoms with E-state index in [0.29, 0.717) is 5.06 Å². The number of benzene rings is 2. The smallest absolute Gasteiger partial charge is 0.324 e. The lowest BCUT2D eigenvalue weighted by Gasteiger charge is -2.13. The Morgan fingerprint density at radius 2 is 1.43 bits per heavy atom. The van der Waals surface area contributed by atoms with E-state index >= 15 is 0 Å². The number of hydroxylamine groups is 2. The van der Waals surface area contributed by atoms with Crippen molar-refractivity contribution in [3.63, 3.8) is 0 Å². The van der Waals surface area contributed by atoms with Crippen molar-refractivity contribution >= 4 is 29.4 Å². The number of hydrogen-bond donors (Lipinski definition) is 0. The summed E-state index contributed by atoms with van der Waals surface area (Å²) in [6.45, 7) is 0. The van der Waals surface area contributed by atoms with Crippen LogP contribution >= 0.6 is 11.6 Å². The third-order valence-electron chi connectivity index (χ3n) is 3.02. The van der Waals surface area contributed by atoms with E-state index in [-0.39, 0.29) is 21.7 Å². The summed E-state index contributed by atoms with van der Waals surface area (Å²) in [5.41, 5.74) is 0.486. The molecule has 5 nitrogen and oxygen atoms in total. The van der Waals surface area contributed by atoms with Gasteiger partial charge in [-0.2, -0.15) is 0 Å². The first-order chi connectivity index (χ1) is 10.1. The summed E-state index contributed by atoms with van der Waals surface area (Å²) >= 11 is 5.88. The topological polar surface area (TPSA) is 63.7 Å². The van der Waals surface area contributed by atoms with E-state index < -0.39 is 17.8 Å². The van der Waals surface area contributed by atoms with E-state index in [9.17, 15) is 14.4 Å². The van der Waals surface area contributed by atoms with Crippen molar-refractivity contribution in [2.45, 2.75) is 0 Å². The van der Waals surface area contributed by atoms with Gasteiger partial charge in [-0.25, -0.2) is 4.79 Å². The second kappa shape index (κ2) is 5.03. The van der Waals surface area contributed by atoms with Gasteiger partial charge in [-0.15, -0.1) is 0 Å². The van der Waals surface area contributed by atoms with Gasteiger partial charge in [0.15, 0.2) is 0 Å². The van der Waals surface area contributed by atoms with Gasteiger partial charge in [0.05, 0.1) is 21.7 Å². The van der Waals surface area contributed by atoms with Crippen molar-refractivity contribution in [1.82, 2.24) is 5.06 Å². The molecule has 0 N–H and O–H groups in total. The normalized spacial score (nSPS) is 13.3. The molecule has 0 fully saturated rings. The molecule has 0 radical (unpaired) electrons. The lowest BCUT2D eigenvalue weighted by Crippen LogP contribution is -2.32. The van der Waals surface area contributed by atoms with Crippen LogP contribution in [0.2, 0.25) is 5.02 Å². The molecule has 0 saturated carbocycles. The standard InChI is InChI=1S/C15H8ClNO4/c16-12-8-4-3-7-11(12)15(20)21-17-13(18)9-5-1-2-6-10(9)14(17)19/h1-8H. The third kappa shape index (κ3) is 2.17. The van der Waals surface area contributed by atoms with Gasteiger partial charge in [0.25, 0.3) is 11.8 Å². The average molecular weight is 302 g/mol. The number of imide groups is 1. The molecule has 104 valence electrons. The van der Waals surface area contributed by atoms with E-state index in [1.807, 2.05) is 0 Å². The van der Waals surface area contributed by atoms with E-state index in [1.54, 1.807) is 24.3 Å². The Kier molecular flexibility index (Phi) is 3.19. The minimum atomic E-state index is -0.866. The molecular weight excluding hydrogens is 294 g/mol. The van der Waals surface area contributed by atoms with Crippen LogP contribution in [0.15, 0.2) is 48.5 Å². The lowest BCUT2D eigenvalue weighted by molar-refractivity contribution is -0.0584. The van der Waals surface area contributed by atoms with Crippen LogP contribution in [0.1, 0.15) is 31.1 Å². The minimum Gasteiger partial charge on any atom is -0.324 e. The molecule has 3 rings (SSSR count). The van der Waals surface area contributed by atoms with Crippen LogP contribution in [0, 0.1) is 0 Å². The van der Waals surface area contributed by atoms with Crippen LogP contribution in [0.5, 0.6) is 0 Å². The van der Waals surface area contributed by atoms with Gasteiger partial charge in [0, 0.05) is 0 Å². The average Bonchev–Trinajstić information content (AvgIpc) is 2.73. The molecule has 21 heavy (non-hydrogen) atoms. The maximum Gasteiger partial charge on any atom is 0.365 e. The number of carbonyl (C=O) groups excluding carboxylic acids is 3. The van der Waals surface area contributed by atoms with Crippen LogP contribution in [0.4, 0.5) is 0 Å². The van der Waals surface area contributed by atoms with Gasteiger partial charge in [-0.05, 0) is 24.3 Å². The van der Waals surface area contributed by atoms with Crippen molar-refractivity contribution in [1.29, 1.82) is 0 Å². The van der Waals surface area contributed by atoms with E-state index in [0.717, 1.165) is 0 Å². The summed E-state index contributed by atoms with van der Waals surface area (Å²) in [5.74, 6) is -2.21. The zero-order chi connectivity index (χ0) is 15.0. The molecule has 1 aliphatic heterocycles. The predicted octanol–water partition coefficient (Wildman–Crippen LogP) is 2.71. The Labute approximate surface area is 124 Å². The number of carbonyl (C=O) groups is 3. The first kappa shape index (κ1) is 13.3. The number of halogens is 1. The SMILES string of the molecule is O=C(ON1C(=O)c2ccccc2C1=O)c1ccccc1Cl. The highest BCUT2D eigenvalue weighted by molar-refractivity contribution is 6.33. The Morgan fingerprint density at radius 1 is 0.905 bits per heavy atom. The predicted molar refractivity (Wildman–Crippen MR) is 73.8 cm³/mol. The maximum atomic E-state index is 12.1. The number of fused-ring (bicyclic) bond motifs is 1. The molecule has 0 aromatic heterocycles. The maximum absolute atomic E-state index is 12.1. The molecular formula is C15H8ClNO4. The van der Waals surface area contributed by atoms with E-state index in [4.69, 9.17) is 16.4 Å². The molecule has 2 amide bonds. The Morgan fingerprint density at radius 3 is 2.00 bits per heavy atom. The van der Waals surface area contributed by atoms with Gasteiger partial charge >= 0.3 is 5.97 Å². The van der Waals surface area contributed by atoms with Crippen molar-refractivity contribution < 1.29 is 19.2 Å². The first-order valence-electron chi connectivity index (χ1n) is 6.04. The van der Waals surface area contributed by atoms with Crippen molar-refractivity contribution in [2.75, 3.05) is 0 Å². The Hall–Kier alpha value is -2.66. The summed E-state index contributed by atoms with van der Waals surface area (Å²) in [6.07, 6.45) is 0.